The molecule has 0 radical (unpaired) electrons. The summed E-state index contributed by atoms with van der Waals surface area (Å²) in [7, 11) is 0. The first-order valence-corrected chi connectivity index (χ1v) is 5.41. The Labute approximate surface area is 108 Å². The highest BCUT2D eigenvalue weighted by Gasteiger charge is 2.11. The van der Waals surface area contributed by atoms with E-state index >= 15 is 0 Å². The fourth-order valence-corrected chi connectivity index (χ4v) is 1.57. The summed E-state index contributed by atoms with van der Waals surface area (Å²) in [5.41, 5.74) is 6.21. The van der Waals surface area contributed by atoms with Crippen molar-refractivity contribution in [1.82, 2.24) is 4.98 Å². The van der Waals surface area contributed by atoms with Crippen molar-refractivity contribution in [2.24, 2.45) is 0 Å². The van der Waals surface area contributed by atoms with Crippen molar-refractivity contribution in [3.05, 3.63) is 51.8 Å². The van der Waals surface area contributed by atoms with E-state index in [4.69, 9.17) is 5.73 Å². The molecule has 19 heavy (non-hydrogen) atoms. The van der Waals surface area contributed by atoms with Crippen LogP contribution in [0.5, 0.6) is 0 Å². The lowest BCUT2D eigenvalue weighted by atomic mass is 10.2. The van der Waals surface area contributed by atoms with Crippen molar-refractivity contribution in [2.75, 3.05) is 11.1 Å². The molecule has 0 unspecified atom stereocenters. The summed E-state index contributed by atoms with van der Waals surface area (Å²) >= 11 is 0. The summed E-state index contributed by atoms with van der Waals surface area (Å²) in [6.07, 6.45) is 0. The topological polar surface area (TPSA) is 94.1 Å². The van der Waals surface area contributed by atoms with Gasteiger partial charge in [0.15, 0.2) is 0 Å². The molecule has 0 amide bonds. The Bertz CT molecular complexity index is 646. The van der Waals surface area contributed by atoms with Gasteiger partial charge < -0.3 is 11.1 Å². The number of nitrogens with two attached hydrogens (primary N) is 1. The van der Waals surface area contributed by atoms with E-state index in [0.29, 0.717) is 0 Å². The maximum Gasteiger partial charge on any atom is 0.276 e. The van der Waals surface area contributed by atoms with Gasteiger partial charge in [0.1, 0.15) is 17.5 Å². The van der Waals surface area contributed by atoms with Crippen LogP contribution < -0.4 is 11.1 Å². The summed E-state index contributed by atoms with van der Waals surface area (Å²) in [6.45, 7) is 1.76. The number of hydrogen-bond donors (Lipinski definition) is 2. The van der Waals surface area contributed by atoms with Crippen LogP contribution in [0.3, 0.4) is 0 Å². The molecule has 1 heterocycles. The SMILES string of the molecule is Cc1ccc(Nc2cc([N+](=O)[O-])cc(N)n2)c(F)c1. The van der Waals surface area contributed by atoms with Gasteiger partial charge in [-0.05, 0) is 24.6 Å². The van der Waals surface area contributed by atoms with Gasteiger partial charge in [-0.2, -0.15) is 0 Å². The number of benzene rings is 1. The first-order chi connectivity index (χ1) is 8.95. The molecule has 0 bridgehead atoms. The third-order valence-electron chi connectivity index (χ3n) is 2.43. The molecule has 1 aromatic heterocycles. The first kappa shape index (κ1) is 12.7. The Hall–Kier alpha value is -2.70. The van der Waals surface area contributed by atoms with E-state index in [0.717, 1.165) is 11.6 Å². The molecule has 0 fully saturated rings. The molecule has 6 nitrogen and oxygen atoms in total. The molecular formula is C12H11FN4O2. The standard InChI is InChI=1S/C12H11FN4O2/c1-7-2-3-10(9(13)4-7)15-12-6-8(17(18)19)5-11(14)16-12/h2-6H,1H3,(H3,14,15,16). The van der Waals surface area contributed by atoms with E-state index < -0.39 is 10.7 Å². The molecule has 2 aromatic rings. The van der Waals surface area contributed by atoms with Crippen LogP contribution in [-0.2, 0) is 0 Å². The molecule has 2 rings (SSSR count). The zero-order chi connectivity index (χ0) is 14.0. The van der Waals surface area contributed by atoms with E-state index in [-0.39, 0.29) is 23.0 Å². The third-order valence-corrected chi connectivity index (χ3v) is 2.43. The van der Waals surface area contributed by atoms with Crippen LogP contribution in [0.2, 0.25) is 0 Å². The number of nitrogens with zero attached hydrogens (tertiary/aromatic N) is 2. The Kier molecular flexibility index (Phi) is 3.28. The minimum Gasteiger partial charge on any atom is -0.383 e. The third kappa shape index (κ3) is 2.95. The highest BCUT2D eigenvalue weighted by molar-refractivity contribution is 5.62. The maximum absolute atomic E-state index is 13.6. The minimum atomic E-state index is -0.589. The first-order valence-electron chi connectivity index (χ1n) is 5.41. The summed E-state index contributed by atoms with van der Waals surface area (Å²) in [5, 5.41) is 13.4. The molecule has 3 N–H and O–H groups in total. The van der Waals surface area contributed by atoms with Crippen molar-refractivity contribution >= 4 is 23.0 Å². The van der Waals surface area contributed by atoms with Gasteiger partial charge in [0, 0.05) is 0 Å². The summed E-state index contributed by atoms with van der Waals surface area (Å²) in [4.78, 5) is 14.0. The normalized spacial score (nSPS) is 10.2. The van der Waals surface area contributed by atoms with Crippen molar-refractivity contribution < 1.29 is 9.31 Å². The van der Waals surface area contributed by atoms with Crippen LogP contribution in [-0.4, -0.2) is 9.91 Å². The Morgan fingerprint density at radius 1 is 1.37 bits per heavy atom. The van der Waals surface area contributed by atoms with Crippen molar-refractivity contribution in [1.29, 1.82) is 0 Å². The van der Waals surface area contributed by atoms with Crippen molar-refractivity contribution in [2.45, 2.75) is 6.92 Å². The lowest BCUT2D eigenvalue weighted by Gasteiger charge is -2.08. The molecule has 0 aliphatic heterocycles. The van der Waals surface area contributed by atoms with Gasteiger partial charge >= 0.3 is 0 Å². The lowest BCUT2D eigenvalue weighted by molar-refractivity contribution is -0.384. The number of nitrogen functional groups attached to an aromatic ring is 1. The number of aromatic nitrogens is 1. The predicted octanol–water partition coefficient (Wildman–Crippen LogP) is 2.76. The number of aryl methyl sites for hydroxylation is 1. The second kappa shape index (κ2) is 4.89. The molecule has 0 saturated carbocycles. The summed E-state index contributed by atoms with van der Waals surface area (Å²) in [5.74, 6) is -0.356. The van der Waals surface area contributed by atoms with Crippen LogP contribution in [0.4, 0.5) is 27.4 Å². The fourth-order valence-electron chi connectivity index (χ4n) is 1.57. The van der Waals surface area contributed by atoms with Crippen LogP contribution in [0.25, 0.3) is 0 Å². The molecular weight excluding hydrogens is 251 g/mol. The summed E-state index contributed by atoms with van der Waals surface area (Å²) in [6, 6.07) is 6.92. The van der Waals surface area contributed by atoms with E-state index in [1.54, 1.807) is 13.0 Å². The average Bonchev–Trinajstić information content (AvgIpc) is 2.32. The summed E-state index contributed by atoms with van der Waals surface area (Å²) < 4.78 is 13.6. The fraction of sp³-hybridized carbons (Fsp3) is 0.0833. The zero-order valence-electron chi connectivity index (χ0n) is 10.1. The maximum atomic E-state index is 13.6. The van der Waals surface area contributed by atoms with Crippen LogP contribution in [0.1, 0.15) is 5.56 Å². The Morgan fingerprint density at radius 2 is 2.11 bits per heavy atom. The number of pyridine rings is 1. The quantitative estimate of drug-likeness (QED) is 0.655. The number of anilines is 3. The molecule has 1 aromatic carbocycles. The van der Waals surface area contributed by atoms with E-state index in [2.05, 4.69) is 10.3 Å². The molecule has 98 valence electrons. The number of nitrogens with one attached hydrogen (secondary N) is 1. The molecule has 0 aliphatic carbocycles. The average molecular weight is 262 g/mol. The van der Waals surface area contributed by atoms with E-state index in [1.807, 2.05) is 0 Å². The van der Waals surface area contributed by atoms with Gasteiger partial charge in [-0.3, -0.25) is 10.1 Å². The second-order valence-corrected chi connectivity index (χ2v) is 4.00. The van der Waals surface area contributed by atoms with E-state index in [1.165, 1.54) is 18.2 Å². The van der Waals surface area contributed by atoms with Crippen LogP contribution >= 0.6 is 0 Å². The smallest absolute Gasteiger partial charge is 0.276 e. The lowest BCUT2D eigenvalue weighted by Crippen LogP contribution is -2.01. The molecule has 0 atom stereocenters. The predicted molar refractivity (Wildman–Crippen MR) is 69.7 cm³/mol. The second-order valence-electron chi connectivity index (χ2n) is 4.00. The van der Waals surface area contributed by atoms with Gasteiger partial charge in [0.2, 0.25) is 0 Å². The number of nitro groups is 1. The molecule has 0 spiro atoms. The van der Waals surface area contributed by atoms with Crippen LogP contribution in [0.15, 0.2) is 30.3 Å². The number of halogens is 1. The largest absolute Gasteiger partial charge is 0.383 e. The number of rotatable bonds is 3. The van der Waals surface area contributed by atoms with Gasteiger partial charge in [-0.1, -0.05) is 6.07 Å². The Balaban J connectivity index is 2.35. The monoisotopic (exact) mass is 262 g/mol. The van der Waals surface area contributed by atoms with Gasteiger partial charge in [0.25, 0.3) is 5.69 Å². The molecule has 7 heteroatoms. The van der Waals surface area contributed by atoms with Gasteiger partial charge in [0.05, 0.1) is 22.7 Å². The minimum absolute atomic E-state index is 0.00998. The van der Waals surface area contributed by atoms with Crippen molar-refractivity contribution in [3.63, 3.8) is 0 Å². The highest BCUT2D eigenvalue weighted by Crippen LogP contribution is 2.24. The van der Waals surface area contributed by atoms with Gasteiger partial charge in [-0.15, -0.1) is 0 Å². The van der Waals surface area contributed by atoms with Gasteiger partial charge in [-0.25, -0.2) is 9.37 Å². The molecule has 0 saturated heterocycles. The van der Waals surface area contributed by atoms with Crippen molar-refractivity contribution in [3.8, 4) is 0 Å². The number of hydrogen-bond acceptors (Lipinski definition) is 5. The Morgan fingerprint density at radius 3 is 2.74 bits per heavy atom. The van der Waals surface area contributed by atoms with E-state index in [9.17, 15) is 14.5 Å². The zero-order valence-corrected chi connectivity index (χ0v) is 10.1. The highest BCUT2D eigenvalue weighted by atomic mass is 19.1. The molecule has 0 aliphatic rings. The van der Waals surface area contributed by atoms with Crippen LogP contribution in [0, 0.1) is 22.9 Å².